The van der Waals surface area contributed by atoms with Crippen LogP contribution in [0.1, 0.15) is 35.3 Å². The lowest BCUT2D eigenvalue weighted by Crippen LogP contribution is -2.49. The van der Waals surface area contributed by atoms with Crippen LogP contribution in [0.15, 0.2) is 18.2 Å². The standard InChI is InChI=1S/C17H23NO4/c1-11-6-5-7-15(14(11)4)17(20)21-10-16(19)18-8-12(2)22-13(3)9-18/h5-7,12-13H,8-10H2,1-4H3/t12-,13-/m1/s1. The van der Waals surface area contributed by atoms with Crippen molar-refractivity contribution < 1.29 is 19.1 Å². The maximum Gasteiger partial charge on any atom is 0.338 e. The summed E-state index contributed by atoms with van der Waals surface area (Å²) in [6.45, 7) is 8.50. The highest BCUT2D eigenvalue weighted by molar-refractivity contribution is 5.93. The second kappa shape index (κ2) is 6.92. The number of hydrogen-bond donors (Lipinski definition) is 0. The van der Waals surface area contributed by atoms with Crippen LogP contribution in [0, 0.1) is 13.8 Å². The van der Waals surface area contributed by atoms with Gasteiger partial charge in [-0.1, -0.05) is 12.1 Å². The van der Waals surface area contributed by atoms with E-state index < -0.39 is 5.97 Å². The molecule has 1 aromatic carbocycles. The number of morpholine rings is 1. The van der Waals surface area contributed by atoms with Crippen molar-refractivity contribution in [2.45, 2.75) is 39.9 Å². The minimum atomic E-state index is -0.455. The minimum Gasteiger partial charge on any atom is -0.452 e. The fourth-order valence-corrected chi connectivity index (χ4v) is 2.65. The zero-order valence-corrected chi connectivity index (χ0v) is 13.6. The summed E-state index contributed by atoms with van der Waals surface area (Å²) in [5, 5.41) is 0. The topological polar surface area (TPSA) is 55.8 Å². The van der Waals surface area contributed by atoms with Crippen molar-refractivity contribution in [1.82, 2.24) is 4.90 Å². The summed E-state index contributed by atoms with van der Waals surface area (Å²) in [7, 11) is 0. The molecule has 0 unspecified atom stereocenters. The Kier molecular flexibility index (Phi) is 5.19. The fourth-order valence-electron chi connectivity index (χ4n) is 2.65. The molecule has 1 heterocycles. The van der Waals surface area contributed by atoms with Crippen molar-refractivity contribution >= 4 is 11.9 Å². The zero-order valence-electron chi connectivity index (χ0n) is 13.6. The first kappa shape index (κ1) is 16.5. The van der Waals surface area contributed by atoms with Crippen LogP contribution in [0.2, 0.25) is 0 Å². The molecule has 0 saturated carbocycles. The third-order valence-electron chi connectivity index (χ3n) is 3.92. The molecular formula is C17H23NO4. The van der Waals surface area contributed by atoms with Crippen LogP contribution in [0.25, 0.3) is 0 Å². The second-order valence-corrected chi connectivity index (χ2v) is 5.88. The molecule has 5 heteroatoms. The Hall–Kier alpha value is -1.88. The molecule has 0 N–H and O–H groups in total. The van der Waals surface area contributed by atoms with Gasteiger partial charge in [-0.2, -0.15) is 0 Å². The van der Waals surface area contributed by atoms with Crippen molar-refractivity contribution in [2.24, 2.45) is 0 Å². The molecule has 1 aromatic rings. The summed E-state index contributed by atoms with van der Waals surface area (Å²) < 4.78 is 10.8. The van der Waals surface area contributed by atoms with Crippen molar-refractivity contribution in [3.8, 4) is 0 Å². The lowest BCUT2D eigenvalue weighted by Gasteiger charge is -2.35. The van der Waals surface area contributed by atoms with Gasteiger partial charge in [-0.3, -0.25) is 4.79 Å². The molecule has 0 bridgehead atoms. The summed E-state index contributed by atoms with van der Waals surface area (Å²) in [6.07, 6.45) is 0.00448. The first-order valence-corrected chi connectivity index (χ1v) is 7.55. The third-order valence-corrected chi connectivity index (χ3v) is 3.92. The molecule has 2 rings (SSSR count). The predicted octanol–water partition coefficient (Wildman–Crippen LogP) is 2.10. The van der Waals surface area contributed by atoms with Gasteiger partial charge in [0.15, 0.2) is 6.61 Å². The number of ether oxygens (including phenoxy) is 2. The molecule has 1 saturated heterocycles. The first-order chi connectivity index (χ1) is 10.4. The summed E-state index contributed by atoms with van der Waals surface area (Å²) >= 11 is 0. The number of esters is 1. The lowest BCUT2D eigenvalue weighted by atomic mass is 10.0. The Morgan fingerprint density at radius 3 is 2.50 bits per heavy atom. The molecule has 0 aliphatic carbocycles. The smallest absolute Gasteiger partial charge is 0.338 e. The monoisotopic (exact) mass is 305 g/mol. The molecule has 22 heavy (non-hydrogen) atoms. The molecule has 1 aliphatic heterocycles. The van der Waals surface area contributed by atoms with Crippen molar-refractivity contribution in [1.29, 1.82) is 0 Å². The highest BCUT2D eigenvalue weighted by Gasteiger charge is 2.26. The first-order valence-electron chi connectivity index (χ1n) is 7.55. The number of amides is 1. The van der Waals surface area contributed by atoms with Gasteiger partial charge in [0.05, 0.1) is 17.8 Å². The van der Waals surface area contributed by atoms with Gasteiger partial charge in [0.1, 0.15) is 0 Å². The van der Waals surface area contributed by atoms with Gasteiger partial charge in [0, 0.05) is 13.1 Å². The highest BCUT2D eigenvalue weighted by Crippen LogP contribution is 2.14. The Labute approximate surface area is 131 Å². The average molecular weight is 305 g/mol. The van der Waals surface area contributed by atoms with Crippen LogP contribution in [-0.4, -0.2) is 48.7 Å². The summed E-state index contributed by atoms with van der Waals surface area (Å²) in [5.74, 6) is -0.635. The largest absolute Gasteiger partial charge is 0.452 e. The van der Waals surface area contributed by atoms with Crippen molar-refractivity contribution in [2.75, 3.05) is 19.7 Å². The van der Waals surface area contributed by atoms with Crippen LogP contribution in [0.4, 0.5) is 0 Å². The highest BCUT2D eigenvalue weighted by atomic mass is 16.5. The molecule has 0 spiro atoms. The quantitative estimate of drug-likeness (QED) is 0.803. The lowest BCUT2D eigenvalue weighted by molar-refractivity contribution is -0.146. The van der Waals surface area contributed by atoms with Gasteiger partial charge in [-0.25, -0.2) is 4.79 Å². The molecule has 5 nitrogen and oxygen atoms in total. The molecular weight excluding hydrogens is 282 g/mol. The van der Waals surface area contributed by atoms with Crippen molar-refractivity contribution in [3.63, 3.8) is 0 Å². The number of hydrogen-bond acceptors (Lipinski definition) is 4. The van der Waals surface area contributed by atoms with E-state index in [0.717, 1.165) is 11.1 Å². The van der Waals surface area contributed by atoms with E-state index in [0.29, 0.717) is 18.7 Å². The number of carbonyl (C=O) groups is 2. The summed E-state index contributed by atoms with van der Waals surface area (Å²) in [4.78, 5) is 26.0. The van der Waals surface area contributed by atoms with E-state index in [-0.39, 0.29) is 24.7 Å². The molecule has 1 fully saturated rings. The van der Waals surface area contributed by atoms with E-state index in [1.54, 1.807) is 11.0 Å². The second-order valence-electron chi connectivity index (χ2n) is 5.88. The van der Waals surface area contributed by atoms with E-state index in [1.807, 2.05) is 39.8 Å². The van der Waals surface area contributed by atoms with Crippen LogP contribution in [0.3, 0.4) is 0 Å². The Balaban J connectivity index is 1.93. The maximum atomic E-state index is 12.2. The fraction of sp³-hybridized carbons (Fsp3) is 0.529. The van der Waals surface area contributed by atoms with Gasteiger partial charge >= 0.3 is 5.97 Å². The summed E-state index contributed by atoms with van der Waals surface area (Å²) in [5.41, 5.74) is 2.42. The van der Waals surface area contributed by atoms with Crippen molar-refractivity contribution in [3.05, 3.63) is 34.9 Å². The van der Waals surface area contributed by atoms with Crippen LogP contribution < -0.4 is 0 Å². The number of benzene rings is 1. The van der Waals surface area contributed by atoms with E-state index in [2.05, 4.69) is 0 Å². The van der Waals surface area contributed by atoms with Crippen LogP contribution in [0.5, 0.6) is 0 Å². The summed E-state index contributed by atoms with van der Waals surface area (Å²) in [6, 6.07) is 5.47. The Morgan fingerprint density at radius 2 is 1.86 bits per heavy atom. The normalized spacial score (nSPS) is 21.5. The van der Waals surface area contributed by atoms with E-state index >= 15 is 0 Å². The van der Waals surface area contributed by atoms with Gasteiger partial charge in [0.2, 0.25) is 0 Å². The number of rotatable bonds is 3. The maximum absolute atomic E-state index is 12.2. The number of carbonyl (C=O) groups excluding carboxylic acids is 2. The molecule has 1 aliphatic rings. The van der Waals surface area contributed by atoms with Gasteiger partial charge in [-0.05, 0) is 44.9 Å². The molecule has 2 atom stereocenters. The molecule has 120 valence electrons. The minimum absolute atomic E-state index is 0.00224. The van der Waals surface area contributed by atoms with E-state index in [1.165, 1.54) is 0 Å². The van der Waals surface area contributed by atoms with E-state index in [9.17, 15) is 9.59 Å². The Bertz CT molecular complexity index is 560. The SMILES string of the molecule is Cc1cccc(C(=O)OCC(=O)N2C[C@@H](C)O[C@H](C)C2)c1C. The average Bonchev–Trinajstić information content (AvgIpc) is 2.46. The number of aryl methyl sites for hydroxylation is 1. The zero-order chi connectivity index (χ0) is 16.3. The molecule has 0 aromatic heterocycles. The van der Waals surface area contributed by atoms with E-state index in [4.69, 9.17) is 9.47 Å². The van der Waals surface area contributed by atoms with Crippen LogP contribution >= 0.6 is 0 Å². The Morgan fingerprint density at radius 1 is 1.23 bits per heavy atom. The molecule has 1 amide bonds. The predicted molar refractivity (Wildman–Crippen MR) is 82.8 cm³/mol. The number of nitrogens with zero attached hydrogens (tertiary/aromatic N) is 1. The van der Waals surface area contributed by atoms with Crippen LogP contribution in [-0.2, 0) is 14.3 Å². The molecule has 0 radical (unpaired) electrons. The van der Waals surface area contributed by atoms with Gasteiger partial charge in [0.25, 0.3) is 5.91 Å². The third kappa shape index (κ3) is 3.85. The van der Waals surface area contributed by atoms with Gasteiger partial charge < -0.3 is 14.4 Å². The van der Waals surface area contributed by atoms with Gasteiger partial charge in [-0.15, -0.1) is 0 Å².